The zero-order valence-electron chi connectivity index (χ0n) is 10.1. The summed E-state index contributed by atoms with van der Waals surface area (Å²) in [5.41, 5.74) is 0. The lowest BCUT2D eigenvalue weighted by Gasteiger charge is -2.35. The minimum Gasteiger partial charge on any atom is -0.481 e. The SMILES string of the molecule is O=C(O)C1CCN(S(=O)(=O)N2CCSCC2)CC1. The molecule has 0 radical (unpaired) electrons. The average Bonchev–Trinajstić information content (AvgIpc) is 2.40. The predicted octanol–water partition coefficient (Wildman–Crippen LogP) is 0.0766. The molecule has 2 aliphatic heterocycles. The first-order valence-electron chi connectivity index (χ1n) is 6.07. The topological polar surface area (TPSA) is 77.9 Å². The maximum atomic E-state index is 12.3. The third kappa shape index (κ3) is 2.98. The Labute approximate surface area is 112 Å². The van der Waals surface area contributed by atoms with Crippen LogP contribution in [-0.2, 0) is 15.0 Å². The van der Waals surface area contributed by atoms with Crippen LogP contribution in [0.25, 0.3) is 0 Å². The second-order valence-electron chi connectivity index (χ2n) is 4.53. The molecule has 0 atom stereocenters. The van der Waals surface area contributed by atoms with Crippen LogP contribution >= 0.6 is 11.8 Å². The molecule has 1 N–H and O–H groups in total. The van der Waals surface area contributed by atoms with Gasteiger partial charge in [-0.25, -0.2) is 0 Å². The fourth-order valence-electron chi connectivity index (χ4n) is 2.27. The van der Waals surface area contributed by atoms with Gasteiger partial charge in [0, 0.05) is 37.7 Å². The van der Waals surface area contributed by atoms with Gasteiger partial charge in [0.25, 0.3) is 10.2 Å². The van der Waals surface area contributed by atoms with Gasteiger partial charge in [0.15, 0.2) is 0 Å². The van der Waals surface area contributed by atoms with Gasteiger partial charge in [-0.2, -0.15) is 28.8 Å². The molecule has 6 nitrogen and oxygen atoms in total. The van der Waals surface area contributed by atoms with Crippen LogP contribution < -0.4 is 0 Å². The van der Waals surface area contributed by atoms with Gasteiger partial charge in [-0.3, -0.25) is 4.79 Å². The fourth-order valence-corrected chi connectivity index (χ4v) is 5.05. The van der Waals surface area contributed by atoms with Gasteiger partial charge >= 0.3 is 5.97 Å². The van der Waals surface area contributed by atoms with E-state index in [1.807, 2.05) is 0 Å². The maximum Gasteiger partial charge on any atom is 0.306 e. The van der Waals surface area contributed by atoms with Crippen molar-refractivity contribution < 1.29 is 18.3 Å². The maximum absolute atomic E-state index is 12.3. The van der Waals surface area contributed by atoms with Gasteiger partial charge in [0.1, 0.15) is 0 Å². The molecule has 0 unspecified atom stereocenters. The molecule has 2 saturated heterocycles. The van der Waals surface area contributed by atoms with Crippen molar-refractivity contribution in [1.29, 1.82) is 0 Å². The van der Waals surface area contributed by atoms with Crippen LogP contribution in [0, 0.1) is 5.92 Å². The lowest BCUT2D eigenvalue weighted by molar-refractivity contribution is -0.142. The quantitative estimate of drug-likeness (QED) is 0.797. The van der Waals surface area contributed by atoms with E-state index in [0.29, 0.717) is 39.0 Å². The zero-order chi connectivity index (χ0) is 13.2. The van der Waals surface area contributed by atoms with E-state index in [-0.39, 0.29) is 0 Å². The van der Waals surface area contributed by atoms with Crippen molar-refractivity contribution in [2.75, 3.05) is 37.7 Å². The van der Waals surface area contributed by atoms with Crippen LogP contribution in [0.2, 0.25) is 0 Å². The van der Waals surface area contributed by atoms with E-state index in [9.17, 15) is 13.2 Å². The van der Waals surface area contributed by atoms with E-state index in [0.717, 1.165) is 11.5 Å². The van der Waals surface area contributed by atoms with Gasteiger partial charge < -0.3 is 5.11 Å². The Morgan fingerprint density at radius 1 is 1.06 bits per heavy atom. The Kier molecular flexibility index (Phi) is 4.52. The van der Waals surface area contributed by atoms with E-state index >= 15 is 0 Å². The minimum absolute atomic E-state index is 0.322. The monoisotopic (exact) mass is 294 g/mol. The molecule has 0 aliphatic carbocycles. The van der Waals surface area contributed by atoms with Crippen molar-refractivity contribution >= 4 is 27.9 Å². The molecule has 8 heteroatoms. The summed E-state index contributed by atoms with van der Waals surface area (Å²) >= 11 is 1.76. The lowest BCUT2D eigenvalue weighted by atomic mass is 9.99. The van der Waals surface area contributed by atoms with Crippen molar-refractivity contribution in [3.8, 4) is 0 Å². The number of thioether (sulfide) groups is 1. The summed E-state index contributed by atoms with van der Waals surface area (Å²) in [4.78, 5) is 10.8. The smallest absolute Gasteiger partial charge is 0.306 e. The van der Waals surface area contributed by atoms with Crippen molar-refractivity contribution in [1.82, 2.24) is 8.61 Å². The van der Waals surface area contributed by atoms with E-state index in [2.05, 4.69) is 0 Å². The third-order valence-electron chi connectivity index (χ3n) is 3.43. The average molecular weight is 294 g/mol. The molecule has 0 spiro atoms. The molecule has 2 heterocycles. The van der Waals surface area contributed by atoms with Gasteiger partial charge in [-0.1, -0.05) is 0 Å². The zero-order valence-corrected chi connectivity index (χ0v) is 11.8. The number of hydrogen-bond donors (Lipinski definition) is 1. The number of carbonyl (C=O) groups is 1. The molecule has 0 aromatic heterocycles. The summed E-state index contributed by atoms with van der Waals surface area (Å²) in [6.07, 6.45) is 0.828. The number of piperidine rings is 1. The van der Waals surface area contributed by atoms with Gasteiger partial charge in [0.2, 0.25) is 0 Å². The first kappa shape index (κ1) is 14.1. The highest BCUT2D eigenvalue weighted by atomic mass is 32.2. The van der Waals surface area contributed by atoms with E-state index in [4.69, 9.17) is 5.11 Å². The minimum atomic E-state index is -3.37. The lowest BCUT2D eigenvalue weighted by Crippen LogP contribution is -2.50. The highest BCUT2D eigenvalue weighted by Gasteiger charge is 2.35. The fraction of sp³-hybridized carbons (Fsp3) is 0.900. The number of carboxylic acid groups (broad SMARTS) is 1. The van der Waals surface area contributed by atoms with Crippen molar-refractivity contribution in [2.24, 2.45) is 5.92 Å². The van der Waals surface area contributed by atoms with Gasteiger partial charge in [0.05, 0.1) is 5.92 Å². The van der Waals surface area contributed by atoms with Crippen molar-refractivity contribution in [3.05, 3.63) is 0 Å². The third-order valence-corrected chi connectivity index (χ3v) is 6.40. The largest absolute Gasteiger partial charge is 0.481 e. The summed E-state index contributed by atoms with van der Waals surface area (Å²) < 4.78 is 27.6. The number of nitrogens with zero attached hydrogens (tertiary/aromatic N) is 2. The Bertz CT molecular complexity index is 398. The molecule has 2 fully saturated rings. The molecule has 18 heavy (non-hydrogen) atoms. The molecule has 104 valence electrons. The number of aliphatic carboxylic acids is 1. The molecule has 0 aromatic carbocycles. The molecule has 0 amide bonds. The van der Waals surface area contributed by atoms with Crippen LogP contribution in [0.5, 0.6) is 0 Å². The summed E-state index contributed by atoms with van der Waals surface area (Å²) in [5.74, 6) is 0.463. The number of carboxylic acids is 1. The Balaban J connectivity index is 1.97. The van der Waals surface area contributed by atoms with E-state index < -0.39 is 22.1 Å². The second kappa shape index (κ2) is 5.77. The van der Waals surface area contributed by atoms with Crippen molar-refractivity contribution in [2.45, 2.75) is 12.8 Å². The molecule has 0 aromatic rings. The summed E-state index contributed by atoms with van der Waals surface area (Å²) in [6.45, 7) is 1.77. The summed E-state index contributed by atoms with van der Waals surface area (Å²) in [5, 5.41) is 8.89. The van der Waals surface area contributed by atoms with Crippen LogP contribution in [0.1, 0.15) is 12.8 Å². The van der Waals surface area contributed by atoms with Crippen LogP contribution in [0.15, 0.2) is 0 Å². The Morgan fingerprint density at radius 2 is 1.56 bits per heavy atom. The van der Waals surface area contributed by atoms with E-state index in [1.165, 1.54) is 8.61 Å². The molecule has 2 rings (SSSR count). The normalized spacial score (nSPS) is 25.1. The molecule has 2 aliphatic rings. The van der Waals surface area contributed by atoms with Crippen molar-refractivity contribution in [3.63, 3.8) is 0 Å². The number of hydrogen-bond acceptors (Lipinski definition) is 4. The highest BCUT2D eigenvalue weighted by Crippen LogP contribution is 2.23. The Morgan fingerprint density at radius 3 is 2.06 bits per heavy atom. The van der Waals surface area contributed by atoms with E-state index in [1.54, 1.807) is 11.8 Å². The highest BCUT2D eigenvalue weighted by molar-refractivity contribution is 7.99. The molecule has 0 saturated carbocycles. The first-order valence-corrected chi connectivity index (χ1v) is 8.63. The predicted molar refractivity (Wildman–Crippen MR) is 69.8 cm³/mol. The summed E-state index contributed by atoms with van der Waals surface area (Å²) in [6, 6.07) is 0. The van der Waals surface area contributed by atoms with Crippen LogP contribution in [0.4, 0.5) is 0 Å². The molecular weight excluding hydrogens is 276 g/mol. The number of rotatable bonds is 3. The standard InChI is InChI=1S/C10H18N2O4S2/c13-10(14)9-1-3-11(4-2-9)18(15,16)12-5-7-17-8-6-12/h9H,1-8H2,(H,13,14). The molecule has 0 bridgehead atoms. The van der Waals surface area contributed by atoms with Crippen LogP contribution in [0.3, 0.4) is 0 Å². The summed E-state index contributed by atoms with van der Waals surface area (Å²) in [7, 11) is -3.37. The van der Waals surface area contributed by atoms with Gasteiger partial charge in [-0.15, -0.1) is 0 Å². The second-order valence-corrected chi connectivity index (χ2v) is 7.68. The Hall–Kier alpha value is -0.310. The molecular formula is C10H18N2O4S2. The van der Waals surface area contributed by atoms with Crippen LogP contribution in [-0.4, -0.2) is 65.8 Å². The van der Waals surface area contributed by atoms with Gasteiger partial charge in [-0.05, 0) is 12.8 Å². The first-order chi connectivity index (χ1) is 8.51.